The highest BCUT2D eigenvalue weighted by atomic mass is 35.5. The largest absolute Gasteiger partial charge is 0.744 e. The third-order valence-corrected chi connectivity index (χ3v) is 3.55. The van der Waals surface area contributed by atoms with Crippen LogP contribution in [0, 0.1) is 0 Å². The fraction of sp³-hybridized carbons (Fsp3) is 0. The van der Waals surface area contributed by atoms with E-state index in [2.05, 4.69) is 0 Å². The molecule has 0 aliphatic carbocycles. The van der Waals surface area contributed by atoms with Gasteiger partial charge in [-0.3, -0.25) is 0 Å². The van der Waals surface area contributed by atoms with E-state index in [4.69, 9.17) is 34.8 Å². The average Bonchev–Trinajstić information content (AvgIpc) is 1.98. The first-order valence-electron chi connectivity index (χ1n) is 2.93. The number of hydrogen-bond donors (Lipinski definition) is 0. The summed E-state index contributed by atoms with van der Waals surface area (Å²) in [5.74, 6) is 0. The van der Waals surface area contributed by atoms with E-state index in [-0.39, 0.29) is 15.1 Å². The molecule has 0 spiro atoms. The standard InChI is InChI=1S/C6H3Cl3O3S/c7-3-1-2-4(13(10,11)12)6(9)5(3)8/h1-2H,(H,10,11,12)/p-1. The molecule has 0 fully saturated rings. The summed E-state index contributed by atoms with van der Waals surface area (Å²) in [4.78, 5) is -0.566. The molecule has 0 aliphatic heterocycles. The van der Waals surface area contributed by atoms with Gasteiger partial charge in [-0.1, -0.05) is 34.8 Å². The first-order valence-corrected chi connectivity index (χ1v) is 5.47. The molecule has 1 aromatic carbocycles. The molecule has 0 atom stereocenters. The molecule has 0 amide bonds. The molecular weight excluding hydrogens is 258 g/mol. The molecule has 0 aromatic heterocycles. The van der Waals surface area contributed by atoms with Gasteiger partial charge in [0.2, 0.25) is 0 Å². The Bertz CT molecular complexity index is 441. The van der Waals surface area contributed by atoms with Crippen LogP contribution in [0.15, 0.2) is 17.0 Å². The van der Waals surface area contributed by atoms with Crippen LogP contribution in [0.1, 0.15) is 0 Å². The molecule has 72 valence electrons. The van der Waals surface area contributed by atoms with Crippen LogP contribution in [0.2, 0.25) is 15.1 Å². The highest BCUT2D eigenvalue weighted by Gasteiger charge is 2.12. The van der Waals surface area contributed by atoms with Gasteiger partial charge < -0.3 is 4.55 Å². The molecule has 3 nitrogen and oxygen atoms in total. The maximum absolute atomic E-state index is 10.6. The normalized spacial score (nSPS) is 11.7. The SMILES string of the molecule is O=S(=O)([O-])c1ccc(Cl)c(Cl)c1Cl. The third kappa shape index (κ3) is 2.27. The molecule has 0 saturated carbocycles. The Hall–Kier alpha value is -0.000000000000000167. The maximum Gasteiger partial charge on any atom is 0.125 e. The van der Waals surface area contributed by atoms with Gasteiger partial charge >= 0.3 is 0 Å². The lowest BCUT2D eigenvalue weighted by atomic mass is 10.4. The minimum absolute atomic E-state index is 0.0964. The summed E-state index contributed by atoms with van der Waals surface area (Å²) in [6.07, 6.45) is 0. The summed E-state index contributed by atoms with van der Waals surface area (Å²) in [5.41, 5.74) is 0. The minimum Gasteiger partial charge on any atom is -0.744 e. The minimum atomic E-state index is -4.60. The van der Waals surface area contributed by atoms with Crippen molar-refractivity contribution in [3.8, 4) is 0 Å². The van der Waals surface area contributed by atoms with E-state index in [1.54, 1.807) is 0 Å². The van der Waals surface area contributed by atoms with Crippen molar-refractivity contribution in [3.63, 3.8) is 0 Å². The predicted octanol–water partition coefficient (Wildman–Crippen LogP) is 2.55. The second-order valence-electron chi connectivity index (χ2n) is 2.13. The van der Waals surface area contributed by atoms with Crippen molar-refractivity contribution >= 4 is 44.9 Å². The van der Waals surface area contributed by atoms with Crippen LogP contribution in [-0.4, -0.2) is 13.0 Å². The van der Waals surface area contributed by atoms with Crippen LogP contribution in [0.5, 0.6) is 0 Å². The van der Waals surface area contributed by atoms with Gasteiger partial charge in [0.15, 0.2) is 0 Å². The molecule has 1 aromatic rings. The molecule has 0 unspecified atom stereocenters. The van der Waals surface area contributed by atoms with Gasteiger partial charge in [-0.25, -0.2) is 8.42 Å². The summed E-state index contributed by atoms with van der Waals surface area (Å²) < 4.78 is 31.7. The summed E-state index contributed by atoms with van der Waals surface area (Å²) in [7, 11) is -4.60. The van der Waals surface area contributed by atoms with Crippen LogP contribution in [0.3, 0.4) is 0 Å². The molecule has 0 heterocycles. The van der Waals surface area contributed by atoms with E-state index in [1.807, 2.05) is 0 Å². The highest BCUT2D eigenvalue weighted by Crippen LogP contribution is 2.34. The molecule has 0 saturated heterocycles. The molecule has 1 rings (SSSR count). The summed E-state index contributed by atoms with van der Waals surface area (Å²) in [6.45, 7) is 0. The Morgan fingerprint density at radius 3 is 2.08 bits per heavy atom. The zero-order valence-corrected chi connectivity index (χ0v) is 9.01. The Morgan fingerprint density at radius 1 is 1.08 bits per heavy atom. The van der Waals surface area contributed by atoms with Gasteiger partial charge in [-0.15, -0.1) is 0 Å². The lowest BCUT2D eigenvalue weighted by molar-refractivity contribution is 0.463. The smallest absolute Gasteiger partial charge is 0.125 e. The van der Waals surface area contributed by atoms with E-state index in [9.17, 15) is 13.0 Å². The van der Waals surface area contributed by atoms with Crippen molar-refractivity contribution in [1.29, 1.82) is 0 Å². The molecule has 0 bridgehead atoms. The van der Waals surface area contributed by atoms with Gasteiger partial charge in [-0.2, -0.15) is 0 Å². The highest BCUT2D eigenvalue weighted by molar-refractivity contribution is 7.85. The monoisotopic (exact) mass is 259 g/mol. The van der Waals surface area contributed by atoms with E-state index < -0.39 is 15.0 Å². The Balaban J connectivity index is 3.53. The van der Waals surface area contributed by atoms with Gasteiger partial charge in [-0.05, 0) is 12.1 Å². The fourth-order valence-corrected chi connectivity index (χ4v) is 2.13. The third-order valence-electron chi connectivity index (χ3n) is 1.27. The number of hydrogen-bond acceptors (Lipinski definition) is 3. The van der Waals surface area contributed by atoms with Crippen molar-refractivity contribution in [2.24, 2.45) is 0 Å². The molecule has 0 radical (unpaired) electrons. The van der Waals surface area contributed by atoms with Crippen LogP contribution >= 0.6 is 34.8 Å². The number of rotatable bonds is 1. The zero-order valence-electron chi connectivity index (χ0n) is 5.92. The fourth-order valence-electron chi connectivity index (χ4n) is 0.701. The summed E-state index contributed by atoms with van der Waals surface area (Å²) in [6, 6.07) is 2.21. The van der Waals surface area contributed by atoms with E-state index in [0.717, 1.165) is 6.07 Å². The number of benzene rings is 1. The lowest BCUT2D eigenvalue weighted by Crippen LogP contribution is -1.99. The van der Waals surface area contributed by atoms with Crippen molar-refractivity contribution in [1.82, 2.24) is 0 Å². The van der Waals surface area contributed by atoms with E-state index in [1.165, 1.54) is 6.07 Å². The Labute approximate surface area is 90.0 Å². The molecule has 13 heavy (non-hydrogen) atoms. The van der Waals surface area contributed by atoms with Crippen molar-refractivity contribution in [3.05, 3.63) is 27.2 Å². The van der Waals surface area contributed by atoms with Gasteiger partial charge in [0.05, 0.1) is 20.0 Å². The summed E-state index contributed by atoms with van der Waals surface area (Å²) in [5, 5.41) is -0.386. The molecule has 0 aliphatic rings. The Kier molecular flexibility index (Phi) is 3.09. The van der Waals surface area contributed by atoms with Gasteiger partial charge in [0.25, 0.3) is 0 Å². The molecular formula is C6H2Cl3O3S-. The van der Waals surface area contributed by atoms with E-state index >= 15 is 0 Å². The topological polar surface area (TPSA) is 57.2 Å². The van der Waals surface area contributed by atoms with Crippen molar-refractivity contribution in [2.75, 3.05) is 0 Å². The average molecular weight is 261 g/mol. The second-order valence-corrected chi connectivity index (χ2v) is 4.64. The first kappa shape index (κ1) is 11.1. The van der Waals surface area contributed by atoms with Crippen LogP contribution < -0.4 is 0 Å². The van der Waals surface area contributed by atoms with Crippen LogP contribution in [-0.2, 0) is 10.1 Å². The quantitative estimate of drug-likeness (QED) is 0.576. The predicted molar refractivity (Wildman–Crippen MR) is 49.4 cm³/mol. The summed E-state index contributed by atoms with van der Waals surface area (Å²) >= 11 is 16.5. The molecule has 0 N–H and O–H groups in total. The maximum atomic E-state index is 10.6. The van der Waals surface area contributed by atoms with Crippen molar-refractivity contribution in [2.45, 2.75) is 4.90 Å². The molecule has 7 heteroatoms. The van der Waals surface area contributed by atoms with Gasteiger partial charge in [0.1, 0.15) is 10.1 Å². The number of halogens is 3. The second kappa shape index (κ2) is 3.63. The van der Waals surface area contributed by atoms with Crippen LogP contribution in [0.4, 0.5) is 0 Å². The van der Waals surface area contributed by atoms with Crippen molar-refractivity contribution < 1.29 is 13.0 Å². The van der Waals surface area contributed by atoms with Gasteiger partial charge in [0, 0.05) is 0 Å². The lowest BCUT2D eigenvalue weighted by Gasteiger charge is -2.10. The van der Waals surface area contributed by atoms with Crippen LogP contribution in [0.25, 0.3) is 0 Å². The zero-order chi connectivity index (χ0) is 10.2. The first-order chi connectivity index (χ1) is 5.84. The Morgan fingerprint density at radius 2 is 1.62 bits per heavy atom. The van der Waals surface area contributed by atoms with E-state index in [0.29, 0.717) is 0 Å².